The molecule has 1 fully saturated rings. The number of aromatic nitrogens is 2. The summed E-state index contributed by atoms with van der Waals surface area (Å²) in [5.74, 6) is -15.7. The van der Waals surface area contributed by atoms with E-state index in [1.165, 1.54) is 35.7 Å². The van der Waals surface area contributed by atoms with Gasteiger partial charge in [0.25, 0.3) is 0 Å². The van der Waals surface area contributed by atoms with E-state index in [0.29, 0.717) is 32.3 Å². The lowest BCUT2D eigenvalue weighted by Gasteiger charge is -2.47. The predicted molar refractivity (Wildman–Crippen MR) is 135 cm³/mol. The molecule has 2 unspecified atom stereocenters. The Bertz CT molecular complexity index is 1410. The summed E-state index contributed by atoms with van der Waals surface area (Å²) in [6, 6.07) is 6.89. The van der Waals surface area contributed by atoms with Crippen LogP contribution in [0.1, 0.15) is 36.4 Å². The van der Waals surface area contributed by atoms with Crippen molar-refractivity contribution in [1.82, 2.24) is 9.97 Å². The molecule has 192 valence electrons. The van der Waals surface area contributed by atoms with Crippen LogP contribution in [0, 0.1) is 13.8 Å². The van der Waals surface area contributed by atoms with Gasteiger partial charge < -0.3 is 0 Å². The second-order valence-electron chi connectivity index (χ2n) is 9.96. The molecular weight excluding hydrogens is 530 g/mol. The maximum Gasteiger partial charge on any atom is 0.380 e. The molecule has 6 rings (SSSR count). The van der Waals surface area contributed by atoms with Gasteiger partial charge in [-0.1, -0.05) is 0 Å². The zero-order valence-corrected chi connectivity index (χ0v) is 21.7. The summed E-state index contributed by atoms with van der Waals surface area (Å²) in [6.45, 7) is 6.90. The van der Waals surface area contributed by atoms with Crippen molar-refractivity contribution in [1.29, 1.82) is 0 Å². The van der Waals surface area contributed by atoms with Gasteiger partial charge in [-0.05, 0) is 86.4 Å². The first-order valence-electron chi connectivity index (χ1n) is 11.5. The van der Waals surface area contributed by atoms with Crippen LogP contribution in [-0.2, 0) is 0 Å². The van der Waals surface area contributed by atoms with E-state index in [9.17, 15) is 8.78 Å². The van der Waals surface area contributed by atoms with Crippen molar-refractivity contribution in [3.63, 3.8) is 0 Å². The van der Waals surface area contributed by atoms with Crippen LogP contribution in [0.4, 0.5) is 26.3 Å². The maximum atomic E-state index is 15.4. The largest absolute Gasteiger partial charge is 0.380 e. The standard InChI is InChI=1S/C27H20F6N2S2/c1-13-9-15(5-7-34-13)19-11-17-21-22(26(30,31)27(32,33)25(21,28)29)18-12-20(16-6-8-35-14(2)10-16)37-24(18,4)23(17,3)36-19/h5-12H,1-4H3. The number of fused-ring (bicyclic) bond motifs is 4. The van der Waals surface area contributed by atoms with E-state index in [1.54, 1.807) is 64.4 Å². The highest BCUT2D eigenvalue weighted by atomic mass is 32.2. The summed E-state index contributed by atoms with van der Waals surface area (Å²) in [5, 5.41) is 0. The van der Waals surface area contributed by atoms with Crippen molar-refractivity contribution < 1.29 is 26.3 Å². The Hall–Kier alpha value is -2.46. The Kier molecular flexibility index (Phi) is 4.93. The van der Waals surface area contributed by atoms with E-state index in [-0.39, 0.29) is 11.1 Å². The molecule has 1 saturated carbocycles. The van der Waals surface area contributed by atoms with Gasteiger partial charge in [-0.15, -0.1) is 23.5 Å². The molecule has 37 heavy (non-hydrogen) atoms. The van der Waals surface area contributed by atoms with Gasteiger partial charge in [-0.25, -0.2) is 0 Å². The summed E-state index contributed by atoms with van der Waals surface area (Å²) < 4.78 is 88.9. The number of aryl methyl sites for hydroxylation is 2. The maximum absolute atomic E-state index is 15.4. The van der Waals surface area contributed by atoms with Gasteiger partial charge in [0.2, 0.25) is 0 Å². The van der Waals surface area contributed by atoms with E-state index < -0.39 is 38.4 Å². The number of hydrogen-bond donors (Lipinski definition) is 0. The minimum Gasteiger partial charge on any atom is -0.262 e. The Balaban J connectivity index is 1.66. The molecule has 0 N–H and O–H groups in total. The first kappa shape index (κ1) is 24.9. The third-order valence-electron chi connectivity index (χ3n) is 7.68. The molecule has 10 heteroatoms. The SMILES string of the molecule is Cc1cc(C2=CC3=C4C(=C5C=C(c6ccnc(C)c6)SC5(C)C3(C)S2)C(F)(F)C(F)(F)C4(F)F)ccn1. The van der Waals surface area contributed by atoms with Gasteiger partial charge in [0.05, 0.1) is 9.49 Å². The van der Waals surface area contributed by atoms with Gasteiger partial charge in [-0.3, -0.25) is 9.97 Å². The molecule has 0 bridgehead atoms. The minimum atomic E-state index is -5.57. The highest BCUT2D eigenvalue weighted by Crippen LogP contribution is 2.75. The summed E-state index contributed by atoms with van der Waals surface area (Å²) >= 11 is 2.47. The van der Waals surface area contributed by atoms with E-state index >= 15 is 17.6 Å². The predicted octanol–water partition coefficient (Wildman–Crippen LogP) is 8.01. The molecule has 2 atom stereocenters. The lowest BCUT2D eigenvalue weighted by atomic mass is 9.71. The number of pyridine rings is 2. The third kappa shape index (κ3) is 2.94. The van der Waals surface area contributed by atoms with Crippen molar-refractivity contribution in [3.05, 3.63) is 93.6 Å². The average Bonchev–Trinajstić information content (AvgIpc) is 3.39. The Morgan fingerprint density at radius 2 is 1.03 bits per heavy atom. The number of halogens is 6. The van der Waals surface area contributed by atoms with Crippen LogP contribution in [0.15, 0.2) is 71.1 Å². The van der Waals surface area contributed by atoms with Crippen molar-refractivity contribution in [2.45, 2.75) is 55.0 Å². The summed E-state index contributed by atoms with van der Waals surface area (Å²) in [5.41, 5.74) is -0.194. The van der Waals surface area contributed by atoms with Gasteiger partial charge in [0.1, 0.15) is 0 Å². The molecule has 0 saturated heterocycles. The molecule has 2 aromatic heterocycles. The van der Waals surface area contributed by atoms with Crippen LogP contribution in [0.3, 0.4) is 0 Å². The Labute approximate surface area is 218 Å². The van der Waals surface area contributed by atoms with Crippen LogP contribution in [0.25, 0.3) is 9.81 Å². The number of thioether (sulfide) groups is 2. The van der Waals surface area contributed by atoms with Gasteiger partial charge >= 0.3 is 17.8 Å². The Morgan fingerprint density at radius 1 is 0.649 bits per heavy atom. The third-order valence-corrected chi connectivity index (χ3v) is 11.0. The quantitative estimate of drug-likeness (QED) is 0.354. The van der Waals surface area contributed by atoms with Gasteiger partial charge in [0.15, 0.2) is 0 Å². The second kappa shape index (κ2) is 7.34. The summed E-state index contributed by atoms with van der Waals surface area (Å²) in [6.07, 6.45) is 5.90. The van der Waals surface area contributed by atoms with E-state index in [0.717, 1.165) is 0 Å². The fourth-order valence-corrected chi connectivity index (χ4v) is 8.72. The first-order valence-corrected chi connectivity index (χ1v) is 13.1. The summed E-state index contributed by atoms with van der Waals surface area (Å²) in [7, 11) is 0. The lowest BCUT2D eigenvalue weighted by Crippen LogP contribution is -2.48. The number of rotatable bonds is 2. The first-order chi connectivity index (χ1) is 17.1. The van der Waals surface area contributed by atoms with E-state index in [1.807, 2.05) is 0 Å². The molecule has 2 aliphatic heterocycles. The molecule has 0 spiro atoms. The van der Waals surface area contributed by atoms with Crippen LogP contribution in [-0.4, -0.2) is 37.2 Å². The molecule has 2 aromatic rings. The molecule has 2 nitrogen and oxygen atoms in total. The van der Waals surface area contributed by atoms with Crippen molar-refractivity contribution in [2.75, 3.05) is 0 Å². The van der Waals surface area contributed by atoms with Crippen LogP contribution in [0.5, 0.6) is 0 Å². The number of nitrogens with zero attached hydrogens (tertiary/aromatic N) is 2. The van der Waals surface area contributed by atoms with Gasteiger partial charge in [0, 0.05) is 44.7 Å². The zero-order chi connectivity index (χ0) is 26.8. The highest BCUT2D eigenvalue weighted by Gasteiger charge is 2.84. The Morgan fingerprint density at radius 3 is 1.38 bits per heavy atom. The molecule has 0 amide bonds. The van der Waals surface area contributed by atoms with Crippen molar-refractivity contribution in [2.24, 2.45) is 0 Å². The highest BCUT2D eigenvalue weighted by molar-refractivity contribution is 8.14. The minimum absolute atomic E-state index is 0.182. The number of allylic oxidation sites excluding steroid dienone is 4. The number of hydrogen-bond acceptors (Lipinski definition) is 4. The smallest absolute Gasteiger partial charge is 0.262 e. The van der Waals surface area contributed by atoms with Crippen LogP contribution in [0.2, 0.25) is 0 Å². The average molecular weight is 551 g/mol. The van der Waals surface area contributed by atoms with Gasteiger partial charge in [-0.2, -0.15) is 26.3 Å². The topological polar surface area (TPSA) is 25.8 Å². The fourth-order valence-electron chi connectivity index (χ4n) is 5.59. The second-order valence-corrected chi connectivity index (χ2v) is 12.9. The zero-order valence-electron chi connectivity index (χ0n) is 20.1. The normalized spacial score (nSPS) is 30.6. The molecule has 4 heterocycles. The molecule has 0 radical (unpaired) electrons. The molecule has 4 aliphatic rings. The van der Waals surface area contributed by atoms with Crippen LogP contribution >= 0.6 is 23.5 Å². The molecule has 0 aromatic carbocycles. The van der Waals surface area contributed by atoms with Crippen molar-refractivity contribution >= 4 is 33.3 Å². The van der Waals surface area contributed by atoms with Crippen LogP contribution < -0.4 is 0 Å². The molecule has 2 aliphatic carbocycles. The summed E-state index contributed by atoms with van der Waals surface area (Å²) in [4.78, 5) is 9.40. The van der Waals surface area contributed by atoms with Crippen molar-refractivity contribution in [3.8, 4) is 0 Å². The molecular formula is C27H20F6N2S2. The van der Waals surface area contributed by atoms with E-state index in [4.69, 9.17) is 0 Å². The van der Waals surface area contributed by atoms with E-state index in [2.05, 4.69) is 9.97 Å². The monoisotopic (exact) mass is 550 g/mol. The fraction of sp³-hybridized carbons (Fsp3) is 0.333. The number of alkyl halides is 6. The lowest BCUT2D eigenvalue weighted by molar-refractivity contribution is -0.258.